The van der Waals surface area contributed by atoms with E-state index < -0.39 is 0 Å². The average Bonchev–Trinajstić information content (AvgIpc) is 3.32. The Bertz CT molecular complexity index is 1380. The van der Waals surface area contributed by atoms with E-state index in [2.05, 4.69) is 16.4 Å². The SMILES string of the molecule is CCCN(CC(=O)N(CCc1c[nH]c2ccccc12)Cc1ccc(F)cc1)C(=O)Nc1c(C)cccc1C. The number of benzene rings is 3. The topological polar surface area (TPSA) is 68.4 Å². The molecule has 6 nitrogen and oxygen atoms in total. The monoisotopic (exact) mass is 514 g/mol. The molecule has 0 unspecified atom stereocenters. The van der Waals surface area contributed by atoms with Gasteiger partial charge in [-0.2, -0.15) is 0 Å². The molecule has 0 saturated carbocycles. The molecular weight excluding hydrogens is 479 g/mol. The first-order valence-corrected chi connectivity index (χ1v) is 13.0. The Labute approximate surface area is 223 Å². The Kier molecular flexibility index (Phi) is 8.79. The molecule has 0 bridgehead atoms. The van der Waals surface area contributed by atoms with Crippen LogP contribution in [0, 0.1) is 19.7 Å². The second kappa shape index (κ2) is 12.4. The highest BCUT2D eigenvalue weighted by atomic mass is 19.1. The van der Waals surface area contributed by atoms with Crippen molar-refractivity contribution in [1.29, 1.82) is 0 Å². The zero-order chi connectivity index (χ0) is 27.1. The lowest BCUT2D eigenvalue weighted by Crippen LogP contribution is -2.45. The van der Waals surface area contributed by atoms with Crippen molar-refractivity contribution in [3.8, 4) is 0 Å². The molecule has 2 N–H and O–H groups in total. The van der Waals surface area contributed by atoms with Gasteiger partial charge in [-0.15, -0.1) is 0 Å². The molecule has 3 amide bonds. The summed E-state index contributed by atoms with van der Waals surface area (Å²) in [5.41, 5.74) is 5.72. The van der Waals surface area contributed by atoms with Crippen molar-refractivity contribution in [2.24, 2.45) is 0 Å². The lowest BCUT2D eigenvalue weighted by atomic mass is 10.1. The Morgan fingerprint density at radius 3 is 2.32 bits per heavy atom. The minimum atomic E-state index is -0.317. The summed E-state index contributed by atoms with van der Waals surface area (Å²) < 4.78 is 13.5. The van der Waals surface area contributed by atoms with E-state index in [1.807, 2.05) is 63.4 Å². The van der Waals surface area contributed by atoms with E-state index in [1.54, 1.807) is 21.9 Å². The van der Waals surface area contributed by atoms with Crippen LogP contribution in [0.2, 0.25) is 0 Å². The number of aromatic amines is 1. The molecule has 0 spiro atoms. The average molecular weight is 515 g/mol. The van der Waals surface area contributed by atoms with Crippen LogP contribution in [-0.4, -0.2) is 46.4 Å². The minimum absolute atomic E-state index is 0.0420. The quantitative estimate of drug-likeness (QED) is 0.256. The summed E-state index contributed by atoms with van der Waals surface area (Å²) >= 11 is 0. The van der Waals surface area contributed by atoms with Gasteiger partial charge < -0.3 is 20.1 Å². The van der Waals surface area contributed by atoms with Crippen LogP contribution in [0.3, 0.4) is 0 Å². The third kappa shape index (κ3) is 6.59. The predicted octanol–water partition coefficient (Wildman–Crippen LogP) is 6.44. The van der Waals surface area contributed by atoms with Gasteiger partial charge in [0.15, 0.2) is 0 Å². The molecule has 1 aromatic heterocycles. The van der Waals surface area contributed by atoms with Crippen LogP contribution < -0.4 is 5.32 Å². The number of hydrogen-bond acceptors (Lipinski definition) is 2. The number of hydrogen-bond donors (Lipinski definition) is 2. The largest absolute Gasteiger partial charge is 0.361 e. The molecule has 0 fully saturated rings. The maximum absolute atomic E-state index is 13.6. The van der Waals surface area contributed by atoms with E-state index in [-0.39, 0.29) is 24.3 Å². The number of aryl methyl sites for hydroxylation is 2. The Hall–Kier alpha value is -4.13. The van der Waals surface area contributed by atoms with Crippen molar-refractivity contribution in [1.82, 2.24) is 14.8 Å². The zero-order valence-electron chi connectivity index (χ0n) is 22.3. The molecule has 3 aromatic carbocycles. The first-order valence-electron chi connectivity index (χ1n) is 13.0. The summed E-state index contributed by atoms with van der Waals surface area (Å²) in [5, 5.41) is 4.14. The number of anilines is 1. The van der Waals surface area contributed by atoms with Gasteiger partial charge in [0.2, 0.25) is 5.91 Å². The van der Waals surface area contributed by atoms with Crippen LogP contribution in [0.1, 0.15) is 35.6 Å². The second-order valence-corrected chi connectivity index (χ2v) is 9.67. The fourth-order valence-corrected chi connectivity index (χ4v) is 4.68. The van der Waals surface area contributed by atoms with Crippen LogP contribution in [0.25, 0.3) is 10.9 Å². The van der Waals surface area contributed by atoms with E-state index in [1.165, 1.54) is 12.1 Å². The van der Waals surface area contributed by atoms with E-state index in [0.717, 1.165) is 45.3 Å². The summed E-state index contributed by atoms with van der Waals surface area (Å²) in [4.78, 5) is 33.5. The summed E-state index contributed by atoms with van der Waals surface area (Å²) in [6.45, 7) is 7.10. The summed E-state index contributed by atoms with van der Waals surface area (Å²) in [7, 11) is 0. The van der Waals surface area contributed by atoms with Crippen molar-refractivity contribution in [3.63, 3.8) is 0 Å². The van der Waals surface area contributed by atoms with Crippen LogP contribution in [-0.2, 0) is 17.8 Å². The molecule has 4 rings (SSSR count). The molecule has 0 aliphatic heterocycles. The van der Waals surface area contributed by atoms with Gasteiger partial charge in [0.1, 0.15) is 12.4 Å². The van der Waals surface area contributed by atoms with Crippen LogP contribution in [0.15, 0.2) is 72.9 Å². The number of rotatable bonds is 10. The standard InChI is InChI=1S/C31H35FN4O2/c1-4-17-36(31(38)34-30-22(2)8-7-9-23(30)3)21-29(37)35(20-24-12-14-26(32)15-13-24)18-16-25-19-33-28-11-6-5-10-27(25)28/h5-15,19,33H,4,16-18,20-21H2,1-3H3,(H,34,38). The number of halogens is 1. The highest BCUT2D eigenvalue weighted by Crippen LogP contribution is 2.21. The predicted molar refractivity (Wildman–Crippen MR) is 151 cm³/mol. The highest BCUT2D eigenvalue weighted by Gasteiger charge is 2.22. The molecule has 1 heterocycles. The normalized spacial score (nSPS) is 10.9. The van der Waals surface area contributed by atoms with E-state index >= 15 is 0 Å². The third-order valence-electron chi connectivity index (χ3n) is 6.79. The van der Waals surface area contributed by atoms with Gasteiger partial charge in [0.05, 0.1) is 0 Å². The van der Waals surface area contributed by atoms with Gasteiger partial charge in [-0.05, 0) is 67.1 Å². The summed E-state index contributed by atoms with van der Waals surface area (Å²) in [5.74, 6) is -0.470. The maximum Gasteiger partial charge on any atom is 0.322 e. The van der Waals surface area contributed by atoms with Gasteiger partial charge in [-0.1, -0.05) is 55.5 Å². The molecule has 0 atom stereocenters. The fourth-order valence-electron chi connectivity index (χ4n) is 4.68. The number of amides is 3. The maximum atomic E-state index is 13.6. The number of urea groups is 1. The lowest BCUT2D eigenvalue weighted by molar-refractivity contribution is -0.132. The molecule has 38 heavy (non-hydrogen) atoms. The molecular formula is C31H35FN4O2. The number of fused-ring (bicyclic) bond motifs is 1. The van der Waals surface area contributed by atoms with Crippen molar-refractivity contribution in [3.05, 3.63) is 101 Å². The van der Waals surface area contributed by atoms with Gasteiger partial charge in [-0.3, -0.25) is 4.79 Å². The molecule has 0 saturated heterocycles. The van der Waals surface area contributed by atoms with Crippen LogP contribution >= 0.6 is 0 Å². The number of H-pyrrole nitrogens is 1. The molecule has 0 aliphatic carbocycles. The summed E-state index contributed by atoms with van der Waals surface area (Å²) in [6.07, 6.45) is 3.35. The lowest BCUT2D eigenvalue weighted by Gasteiger charge is -2.28. The second-order valence-electron chi connectivity index (χ2n) is 9.67. The van der Waals surface area contributed by atoms with Crippen LogP contribution in [0.5, 0.6) is 0 Å². The van der Waals surface area contributed by atoms with Gasteiger partial charge >= 0.3 is 6.03 Å². The van der Waals surface area contributed by atoms with Crippen molar-refractivity contribution in [2.45, 2.75) is 40.2 Å². The molecule has 198 valence electrons. The fraction of sp³-hybridized carbons (Fsp3) is 0.290. The van der Waals surface area contributed by atoms with Crippen LogP contribution in [0.4, 0.5) is 14.9 Å². The van der Waals surface area contributed by atoms with E-state index in [9.17, 15) is 14.0 Å². The smallest absolute Gasteiger partial charge is 0.322 e. The Morgan fingerprint density at radius 1 is 0.895 bits per heavy atom. The Balaban J connectivity index is 1.51. The number of nitrogens with zero attached hydrogens (tertiary/aromatic N) is 2. The number of nitrogens with one attached hydrogen (secondary N) is 2. The minimum Gasteiger partial charge on any atom is -0.361 e. The van der Waals surface area contributed by atoms with Gasteiger partial charge in [0, 0.05) is 42.4 Å². The van der Waals surface area contributed by atoms with Crippen molar-refractivity contribution >= 4 is 28.5 Å². The molecule has 0 aliphatic rings. The van der Waals surface area contributed by atoms with Gasteiger partial charge in [-0.25, -0.2) is 9.18 Å². The zero-order valence-corrected chi connectivity index (χ0v) is 22.3. The first-order chi connectivity index (χ1) is 18.4. The first kappa shape index (κ1) is 26.9. The van der Waals surface area contributed by atoms with Gasteiger partial charge in [0.25, 0.3) is 0 Å². The van der Waals surface area contributed by atoms with Crippen molar-refractivity contribution < 1.29 is 14.0 Å². The number of carbonyl (C=O) groups excluding carboxylic acids is 2. The highest BCUT2D eigenvalue weighted by molar-refractivity contribution is 5.93. The summed E-state index contributed by atoms with van der Waals surface area (Å²) in [6, 6.07) is 19.8. The number of carbonyl (C=O) groups is 2. The third-order valence-corrected chi connectivity index (χ3v) is 6.79. The number of para-hydroxylation sites is 2. The number of aromatic nitrogens is 1. The molecule has 0 radical (unpaired) electrons. The molecule has 4 aromatic rings. The van der Waals surface area contributed by atoms with E-state index in [0.29, 0.717) is 26.1 Å². The Morgan fingerprint density at radius 2 is 1.61 bits per heavy atom. The molecule has 7 heteroatoms. The van der Waals surface area contributed by atoms with E-state index in [4.69, 9.17) is 0 Å². The van der Waals surface area contributed by atoms with Crippen molar-refractivity contribution in [2.75, 3.05) is 25.0 Å².